The largest absolute Gasteiger partial charge is 0.508 e. The standard InChI is InChI=1S/C15H15NO3/c17-14-8-6-12(7-9-14)10-15(18)16(19)11-13-4-2-1-3-5-13/h1-9,17,19H,10-11H2. The number of nitrogens with zero attached hydrogens (tertiary/aromatic N) is 1. The van der Waals surface area contributed by atoms with Crippen LogP contribution in [0.3, 0.4) is 0 Å². The third-order valence-corrected chi connectivity index (χ3v) is 2.75. The number of hydrogen-bond acceptors (Lipinski definition) is 3. The van der Waals surface area contributed by atoms with Crippen molar-refractivity contribution >= 4 is 5.91 Å². The zero-order valence-corrected chi connectivity index (χ0v) is 10.4. The maximum Gasteiger partial charge on any atom is 0.250 e. The van der Waals surface area contributed by atoms with Crippen molar-refractivity contribution < 1.29 is 15.1 Å². The van der Waals surface area contributed by atoms with Crippen molar-refractivity contribution in [1.29, 1.82) is 0 Å². The molecule has 0 spiro atoms. The number of amides is 1. The number of phenols is 1. The van der Waals surface area contributed by atoms with E-state index in [1.807, 2.05) is 30.3 Å². The van der Waals surface area contributed by atoms with Crippen LogP contribution < -0.4 is 0 Å². The summed E-state index contributed by atoms with van der Waals surface area (Å²) in [7, 11) is 0. The summed E-state index contributed by atoms with van der Waals surface area (Å²) < 4.78 is 0. The Hall–Kier alpha value is -2.33. The van der Waals surface area contributed by atoms with E-state index in [9.17, 15) is 10.0 Å². The van der Waals surface area contributed by atoms with Crippen LogP contribution in [0.2, 0.25) is 0 Å². The second-order valence-electron chi connectivity index (χ2n) is 4.28. The van der Waals surface area contributed by atoms with E-state index in [4.69, 9.17) is 5.11 Å². The molecule has 4 heteroatoms. The van der Waals surface area contributed by atoms with Gasteiger partial charge in [0.1, 0.15) is 5.75 Å². The smallest absolute Gasteiger partial charge is 0.250 e. The highest BCUT2D eigenvalue weighted by Gasteiger charge is 2.12. The number of aromatic hydroxyl groups is 1. The van der Waals surface area contributed by atoms with E-state index in [-0.39, 0.29) is 24.6 Å². The van der Waals surface area contributed by atoms with Crippen LogP contribution in [-0.4, -0.2) is 21.3 Å². The van der Waals surface area contributed by atoms with Gasteiger partial charge in [0.2, 0.25) is 0 Å². The van der Waals surface area contributed by atoms with Gasteiger partial charge in [0.25, 0.3) is 5.91 Å². The molecule has 4 nitrogen and oxygen atoms in total. The van der Waals surface area contributed by atoms with E-state index in [1.54, 1.807) is 12.1 Å². The Balaban J connectivity index is 1.94. The van der Waals surface area contributed by atoms with Crippen LogP contribution in [-0.2, 0) is 17.8 Å². The van der Waals surface area contributed by atoms with Crippen LogP contribution in [0.5, 0.6) is 5.75 Å². The van der Waals surface area contributed by atoms with Crippen molar-refractivity contribution in [1.82, 2.24) is 5.06 Å². The topological polar surface area (TPSA) is 60.8 Å². The number of carbonyl (C=O) groups excluding carboxylic acids is 1. The van der Waals surface area contributed by atoms with Crippen molar-refractivity contribution in [2.24, 2.45) is 0 Å². The van der Waals surface area contributed by atoms with E-state index < -0.39 is 0 Å². The Morgan fingerprint density at radius 3 is 2.21 bits per heavy atom. The van der Waals surface area contributed by atoms with E-state index in [2.05, 4.69) is 0 Å². The molecule has 0 fully saturated rings. The number of hydroxylamine groups is 2. The Bertz CT molecular complexity index is 537. The summed E-state index contributed by atoms with van der Waals surface area (Å²) >= 11 is 0. The zero-order chi connectivity index (χ0) is 13.7. The molecule has 0 radical (unpaired) electrons. The third-order valence-electron chi connectivity index (χ3n) is 2.75. The normalized spacial score (nSPS) is 10.2. The van der Waals surface area contributed by atoms with Gasteiger partial charge in [-0.2, -0.15) is 0 Å². The van der Waals surface area contributed by atoms with Gasteiger partial charge >= 0.3 is 0 Å². The van der Waals surface area contributed by atoms with E-state index >= 15 is 0 Å². The monoisotopic (exact) mass is 257 g/mol. The summed E-state index contributed by atoms with van der Waals surface area (Å²) in [6, 6.07) is 15.6. The first-order valence-electron chi connectivity index (χ1n) is 5.96. The van der Waals surface area contributed by atoms with Gasteiger partial charge in [0, 0.05) is 0 Å². The van der Waals surface area contributed by atoms with Crippen molar-refractivity contribution in [3.05, 3.63) is 65.7 Å². The minimum Gasteiger partial charge on any atom is -0.508 e. The van der Waals surface area contributed by atoms with Gasteiger partial charge in [-0.1, -0.05) is 42.5 Å². The SMILES string of the molecule is O=C(Cc1ccc(O)cc1)N(O)Cc1ccccc1. The molecule has 19 heavy (non-hydrogen) atoms. The quantitative estimate of drug-likeness (QED) is 0.653. The molecule has 0 saturated heterocycles. The molecule has 0 atom stereocenters. The maximum atomic E-state index is 11.8. The molecule has 0 aliphatic heterocycles. The van der Waals surface area contributed by atoms with Gasteiger partial charge in [-0.25, -0.2) is 5.06 Å². The van der Waals surface area contributed by atoms with Gasteiger partial charge in [0.05, 0.1) is 13.0 Å². The van der Waals surface area contributed by atoms with Crippen LogP contribution in [0.15, 0.2) is 54.6 Å². The summed E-state index contributed by atoms with van der Waals surface area (Å²) in [6.07, 6.45) is 0.101. The second-order valence-corrected chi connectivity index (χ2v) is 4.28. The molecule has 1 amide bonds. The lowest BCUT2D eigenvalue weighted by molar-refractivity contribution is -0.167. The van der Waals surface area contributed by atoms with Crippen LogP contribution in [0.4, 0.5) is 0 Å². The molecule has 0 aliphatic carbocycles. The molecular formula is C15H15NO3. The first-order valence-corrected chi connectivity index (χ1v) is 5.96. The van der Waals surface area contributed by atoms with E-state index in [1.165, 1.54) is 12.1 Å². The van der Waals surface area contributed by atoms with Crippen LogP contribution in [0.25, 0.3) is 0 Å². The van der Waals surface area contributed by atoms with Crippen molar-refractivity contribution in [3.8, 4) is 5.75 Å². The predicted octanol–water partition coefficient (Wildman–Crippen LogP) is 2.35. The molecule has 2 aromatic carbocycles. The second kappa shape index (κ2) is 6.02. The van der Waals surface area contributed by atoms with Gasteiger partial charge in [-0.3, -0.25) is 10.0 Å². The Labute approximate surface area is 111 Å². The van der Waals surface area contributed by atoms with Gasteiger partial charge in [-0.15, -0.1) is 0 Å². The molecular weight excluding hydrogens is 242 g/mol. The first-order chi connectivity index (χ1) is 9.15. The summed E-state index contributed by atoms with van der Waals surface area (Å²) in [5.74, 6) is -0.226. The Morgan fingerprint density at radius 1 is 0.947 bits per heavy atom. The maximum absolute atomic E-state index is 11.8. The fourth-order valence-corrected chi connectivity index (χ4v) is 1.72. The van der Waals surface area contributed by atoms with Crippen LogP contribution >= 0.6 is 0 Å². The van der Waals surface area contributed by atoms with E-state index in [0.29, 0.717) is 5.06 Å². The predicted molar refractivity (Wildman–Crippen MR) is 70.6 cm³/mol. The Kier molecular flexibility index (Phi) is 4.15. The molecule has 2 rings (SSSR count). The van der Waals surface area contributed by atoms with Crippen molar-refractivity contribution in [3.63, 3.8) is 0 Å². The fraction of sp³-hybridized carbons (Fsp3) is 0.133. The number of hydrogen-bond donors (Lipinski definition) is 2. The summed E-state index contributed by atoms with van der Waals surface area (Å²) in [5.41, 5.74) is 1.61. The molecule has 0 saturated carbocycles. The molecule has 0 unspecified atom stereocenters. The highest BCUT2D eigenvalue weighted by atomic mass is 16.5. The molecule has 0 bridgehead atoms. The summed E-state index contributed by atoms with van der Waals surface area (Å²) in [5, 5.41) is 19.6. The number of carbonyl (C=O) groups is 1. The molecule has 0 aliphatic rings. The van der Waals surface area contributed by atoms with Crippen molar-refractivity contribution in [2.75, 3.05) is 0 Å². The molecule has 2 aromatic rings. The number of rotatable bonds is 4. The van der Waals surface area contributed by atoms with Crippen LogP contribution in [0, 0.1) is 0 Å². The molecule has 0 heterocycles. The van der Waals surface area contributed by atoms with Crippen LogP contribution in [0.1, 0.15) is 11.1 Å². The minimum absolute atomic E-state index is 0.101. The average Bonchev–Trinajstić information content (AvgIpc) is 2.42. The molecule has 2 N–H and O–H groups in total. The van der Waals surface area contributed by atoms with Gasteiger partial charge in [-0.05, 0) is 23.3 Å². The van der Waals surface area contributed by atoms with Crippen molar-refractivity contribution in [2.45, 2.75) is 13.0 Å². The number of benzene rings is 2. The average molecular weight is 257 g/mol. The van der Waals surface area contributed by atoms with E-state index in [0.717, 1.165) is 11.1 Å². The molecule has 0 aromatic heterocycles. The minimum atomic E-state index is -0.380. The first kappa shape index (κ1) is 13.1. The summed E-state index contributed by atoms with van der Waals surface area (Å²) in [6.45, 7) is 0.164. The Morgan fingerprint density at radius 2 is 1.58 bits per heavy atom. The highest BCUT2D eigenvalue weighted by Crippen LogP contribution is 2.11. The van der Waals surface area contributed by atoms with Gasteiger partial charge in [0.15, 0.2) is 0 Å². The zero-order valence-electron chi connectivity index (χ0n) is 10.4. The third kappa shape index (κ3) is 3.82. The lowest BCUT2D eigenvalue weighted by Crippen LogP contribution is -2.28. The lowest BCUT2D eigenvalue weighted by Gasteiger charge is -2.15. The fourth-order valence-electron chi connectivity index (χ4n) is 1.72. The van der Waals surface area contributed by atoms with Gasteiger partial charge < -0.3 is 5.11 Å². The highest BCUT2D eigenvalue weighted by molar-refractivity contribution is 5.77. The molecule has 98 valence electrons. The number of phenolic OH excluding ortho intramolecular Hbond substituents is 1. The lowest BCUT2D eigenvalue weighted by atomic mass is 10.1. The summed E-state index contributed by atoms with van der Waals surface area (Å²) in [4.78, 5) is 11.8.